The monoisotopic (exact) mass is 329 g/mol. The minimum absolute atomic E-state index is 0.507. The van der Waals surface area contributed by atoms with Crippen molar-refractivity contribution in [2.75, 3.05) is 10.6 Å². The van der Waals surface area contributed by atoms with Gasteiger partial charge in [-0.1, -0.05) is 17.7 Å². The van der Waals surface area contributed by atoms with Crippen LogP contribution >= 0.6 is 0 Å². The molecule has 0 spiro atoms. The summed E-state index contributed by atoms with van der Waals surface area (Å²) >= 11 is 0. The molecule has 0 saturated carbocycles. The van der Waals surface area contributed by atoms with E-state index in [1.807, 2.05) is 12.1 Å². The Morgan fingerprint density at radius 1 is 0.840 bits per heavy atom. The van der Waals surface area contributed by atoms with Crippen molar-refractivity contribution in [3.05, 3.63) is 71.0 Å². The molecule has 25 heavy (non-hydrogen) atoms. The van der Waals surface area contributed by atoms with Crippen LogP contribution in [0.3, 0.4) is 0 Å². The number of rotatable bonds is 4. The highest BCUT2D eigenvalue weighted by Crippen LogP contribution is 2.25. The van der Waals surface area contributed by atoms with Gasteiger partial charge in [-0.3, -0.25) is 0 Å². The third-order valence-electron chi connectivity index (χ3n) is 3.87. The van der Waals surface area contributed by atoms with Gasteiger partial charge < -0.3 is 10.6 Å². The van der Waals surface area contributed by atoms with Gasteiger partial charge in [-0.05, 0) is 56.2 Å². The second-order valence-corrected chi connectivity index (χ2v) is 6.01. The summed E-state index contributed by atoms with van der Waals surface area (Å²) < 4.78 is 0. The average Bonchev–Trinajstić information content (AvgIpc) is 2.60. The van der Waals surface area contributed by atoms with E-state index in [9.17, 15) is 0 Å². The third-order valence-corrected chi connectivity index (χ3v) is 3.87. The molecule has 2 aromatic carbocycles. The number of benzene rings is 2. The topological polar surface area (TPSA) is 73.6 Å². The quantitative estimate of drug-likeness (QED) is 0.722. The number of anilines is 4. The van der Waals surface area contributed by atoms with Crippen molar-refractivity contribution in [3.8, 4) is 6.07 Å². The lowest BCUT2D eigenvalue weighted by molar-refractivity contribution is 1.16. The first-order valence-electron chi connectivity index (χ1n) is 7.99. The lowest BCUT2D eigenvalue weighted by atomic mass is 10.1. The van der Waals surface area contributed by atoms with E-state index >= 15 is 0 Å². The van der Waals surface area contributed by atoms with E-state index in [0.717, 1.165) is 17.1 Å². The molecule has 0 atom stereocenters. The van der Waals surface area contributed by atoms with E-state index in [1.165, 1.54) is 16.7 Å². The van der Waals surface area contributed by atoms with Crippen LogP contribution < -0.4 is 10.6 Å². The Labute approximate surface area is 147 Å². The van der Waals surface area contributed by atoms with Crippen molar-refractivity contribution >= 4 is 23.0 Å². The van der Waals surface area contributed by atoms with Crippen molar-refractivity contribution in [1.29, 1.82) is 5.26 Å². The lowest BCUT2D eigenvalue weighted by Gasteiger charge is -2.13. The van der Waals surface area contributed by atoms with Crippen molar-refractivity contribution in [2.45, 2.75) is 20.8 Å². The third kappa shape index (κ3) is 3.93. The number of nitriles is 1. The van der Waals surface area contributed by atoms with Gasteiger partial charge in [0.05, 0.1) is 29.7 Å². The smallest absolute Gasteiger partial charge is 0.227 e. The minimum Gasteiger partial charge on any atom is -0.353 e. The van der Waals surface area contributed by atoms with E-state index in [-0.39, 0.29) is 0 Å². The molecule has 0 fully saturated rings. The summed E-state index contributed by atoms with van der Waals surface area (Å²) in [6.45, 7) is 6.27. The average molecular weight is 329 g/mol. The first-order chi connectivity index (χ1) is 12.0. The van der Waals surface area contributed by atoms with E-state index in [2.05, 4.69) is 59.6 Å². The molecule has 0 bridgehead atoms. The van der Waals surface area contributed by atoms with Crippen molar-refractivity contribution in [3.63, 3.8) is 0 Å². The molecule has 0 aliphatic heterocycles. The van der Waals surface area contributed by atoms with Gasteiger partial charge in [0.15, 0.2) is 0 Å². The predicted octanol–water partition coefficient (Wildman–Crippen LogP) is 4.76. The Bertz CT molecular complexity index is 899. The minimum atomic E-state index is 0.507. The molecule has 1 heterocycles. The summed E-state index contributed by atoms with van der Waals surface area (Å²) in [5.74, 6) is 0.507. The molecule has 124 valence electrons. The molecule has 3 rings (SSSR count). The molecule has 0 aliphatic rings. The summed E-state index contributed by atoms with van der Waals surface area (Å²) in [6, 6.07) is 13.5. The first kappa shape index (κ1) is 16.5. The fraction of sp³-hybridized carbons (Fsp3) is 0.150. The predicted molar refractivity (Wildman–Crippen MR) is 100 cm³/mol. The molecule has 0 amide bonds. The van der Waals surface area contributed by atoms with Crippen LogP contribution in [0.15, 0.2) is 48.8 Å². The van der Waals surface area contributed by atoms with Gasteiger partial charge in [0.2, 0.25) is 5.95 Å². The van der Waals surface area contributed by atoms with Crippen LogP contribution in [0.4, 0.5) is 23.0 Å². The highest BCUT2D eigenvalue weighted by atomic mass is 15.1. The molecule has 5 nitrogen and oxygen atoms in total. The maximum absolute atomic E-state index is 8.82. The molecule has 0 saturated heterocycles. The van der Waals surface area contributed by atoms with Gasteiger partial charge in [-0.2, -0.15) is 5.26 Å². The summed E-state index contributed by atoms with van der Waals surface area (Å²) in [6.07, 6.45) is 3.50. The normalized spacial score (nSPS) is 10.2. The fourth-order valence-corrected chi connectivity index (χ4v) is 2.74. The zero-order valence-electron chi connectivity index (χ0n) is 14.5. The van der Waals surface area contributed by atoms with Crippen LogP contribution in [0.1, 0.15) is 22.3 Å². The Balaban J connectivity index is 1.73. The summed E-state index contributed by atoms with van der Waals surface area (Å²) in [5, 5.41) is 15.3. The van der Waals surface area contributed by atoms with Gasteiger partial charge in [0.25, 0.3) is 0 Å². The van der Waals surface area contributed by atoms with Crippen LogP contribution in [0.2, 0.25) is 0 Å². The lowest BCUT2D eigenvalue weighted by Crippen LogP contribution is -2.01. The Morgan fingerprint density at radius 2 is 1.44 bits per heavy atom. The summed E-state index contributed by atoms with van der Waals surface area (Å²) in [7, 11) is 0. The van der Waals surface area contributed by atoms with Crippen LogP contribution in [-0.2, 0) is 0 Å². The highest BCUT2D eigenvalue weighted by molar-refractivity contribution is 5.67. The van der Waals surface area contributed by atoms with Crippen LogP contribution in [0.5, 0.6) is 0 Å². The summed E-state index contributed by atoms with van der Waals surface area (Å²) in [4.78, 5) is 8.68. The molecular formula is C20H19N5. The van der Waals surface area contributed by atoms with Gasteiger partial charge in [-0.25, -0.2) is 9.97 Å². The maximum Gasteiger partial charge on any atom is 0.227 e. The van der Waals surface area contributed by atoms with Crippen LogP contribution in [0.25, 0.3) is 0 Å². The Kier molecular flexibility index (Phi) is 4.62. The second kappa shape index (κ2) is 7.02. The van der Waals surface area contributed by atoms with Gasteiger partial charge in [-0.15, -0.1) is 0 Å². The van der Waals surface area contributed by atoms with Crippen LogP contribution in [0, 0.1) is 32.1 Å². The van der Waals surface area contributed by atoms with E-state index in [0.29, 0.717) is 11.5 Å². The molecule has 0 unspecified atom stereocenters. The number of hydrogen-bond acceptors (Lipinski definition) is 5. The van der Waals surface area contributed by atoms with E-state index in [4.69, 9.17) is 5.26 Å². The molecule has 0 aliphatic carbocycles. The molecule has 5 heteroatoms. The molecular weight excluding hydrogens is 310 g/mol. The maximum atomic E-state index is 8.82. The van der Waals surface area contributed by atoms with Gasteiger partial charge in [0, 0.05) is 11.4 Å². The number of hydrogen-bond donors (Lipinski definition) is 2. The largest absolute Gasteiger partial charge is 0.353 e. The Morgan fingerprint density at radius 3 is 2.00 bits per heavy atom. The van der Waals surface area contributed by atoms with Crippen LogP contribution in [-0.4, -0.2) is 9.97 Å². The van der Waals surface area contributed by atoms with Gasteiger partial charge >= 0.3 is 0 Å². The zero-order chi connectivity index (χ0) is 17.8. The molecule has 0 radical (unpaired) electrons. The number of aromatic nitrogens is 2. The second-order valence-electron chi connectivity index (χ2n) is 6.01. The standard InChI is InChI=1S/C20H19N5/c1-13-8-14(2)19(15(3)9-13)24-18-11-22-20(23-12-18)25-17-6-4-16(10-21)5-7-17/h4-9,11-12,24H,1-3H3,(H,22,23,25). The summed E-state index contributed by atoms with van der Waals surface area (Å²) in [5.41, 5.74) is 7.01. The molecule has 2 N–H and O–H groups in total. The highest BCUT2D eigenvalue weighted by Gasteiger charge is 2.05. The van der Waals surface area contributed by atoms with Gasteiger partial charge in [0.1, 0.15) is 0 Å². The number of nitrogens with zero attached hydrogens (tertiary/aromatic N) is 3. The number of nitrogens with one attached hydrogen (secondary N) is 2. The van der Waals surface area contributed by atoms with Crippen molar-refractivity contribution in [2.24, 2.45) is 0 Å². The fourth-order valence-electron chi connectivity index (χ4n) is 2.74. The van der Waals surface area contributed by atoms with Crippen molar-refractivity contribution < 1.29 is 0 Å². The van der Waals surface area contributed by atoms with Crippen molar-refractivity contribution in [1.82, 2.24) is 9.97 Å². The first-order valence-corrected chi connectivity index (χ1v) is 7.99. The zero-order valence-corrected chi connectivity index (χ0v) is 14.5. The van der Waals surface area contributed by atoms with E-state index in [1.54, 1.807) is 24.5 Å². The number of aryl methyl sites for hydroxylation is 3. The Hall–Kier alpha value is -3.39. The SMILES string of the molecule is Cc1cc(C)c(Nc2cnc(Nc3ccc(C#N)cc3)nc2)c(C)c1. The molecule has 3 aromatic rings. The van der Waals surface area contributed by atoms with E-state index < -0.39 is 0 Å². The molecule has 1 aromatic heterocycles.